The van der Waals surface area contributed by atoms with E-state index in [0.717, 1.165) is 64.4 Å². The summed E-state index contributed by atoms with van der Waals surface area (Å²) in [4.78, 5) is 15.5. The Morgan fingerprint density at radius 3 is 1.91 bits per heavy atom. The molecule has 0 spiro atoms. The Bertz CT molecular complexity index is 3830. The van der Waals surface area contributed by atoms with E-state index in [-0.39, 0.29) is 58.1 Å². The number of hydrogen-bond acceptors (Lipinski definition) is 5. The monoisotopic (exact) mass is 752 g/mol. The van der Waals surface area contributed by atoms with Crippen molar-refractivity contribution in [2.45, 2.75) is 0 Å². The Hall–Kier alpha value is -7.41. The Morgan fingerprint density at radius 2 is 1.09 bits per heavy atom. The molecule has 266 valence electrons. The number of nitrogens with zero attached hydrogens (tertiary/aromatic N) is 4. The summed E-state index contributed by atoms with van der Waals surface area (Å²) in [6, 6.07) is 45.6. The summed E-state index contributed by atoms with van der Waals surface area (Å²) in [6.45, 7) is 0. The summed E-state index contributed by atoms with van der Waals surface area (Å²) >= 11 is 1.67. The number of fused-ring (bicyclic) bond motifs is 9. The van der Waals surface area contributed by atoms with Crippen LogP contribution in [0.2, 0.25) is 0 Å². The third kappa shape index (κ3) is 4.98. The Kier molecular flexibility index (Phi) is 5.82. The van der Waals surface area contributed by atoms with E-state index in [1.165, 1.54) is 12.1 Å². The fraction of sp³-hybridized carbons (Fsp3) is 0. The van der Waals surface area contributed by atoms with E-state index in [2.05, 4.69) is 24.3 Å². The van der Waals surface area contributed by atoms with E-state index in [4.69, 9.17) is 22.1 Å². The number of aromatic nitrogens is 4. The third-order valence-electron chi connectivity index (χ3n) is 10.6. The zero-order chi connectivity index (χ0) is 42.7. The summed E-state index contributed by atoms with van der Waals surface area (Å²) < 4.78 is 64.8. The van der Waals surface area contributed by atoms with Crippen LogP contribution in [0.25, 0.3) is 115 Å². The van der Waals surface area contributed by atoms with Crippen LogP contribution in [0.15, 0.2) is 186 Å². The molecule has 0 fully saturated rings. The Morgan fingerprint density at radius 1 is 0.456 bits per heavy atom. The van der Waals surface area contributed by atoms with Gasteiger partial charge in [0.05, 0.1) is 24.9 Å². The molecular weight excluding hydrogens is 717 g/mol. The first-order valence-corrected chi connectivity index (χ1v) is 19.3. The maximum absolute atomic E-state index is 9.44. The van der Waals surface area contributed by atoms with Gasteiger partial charge in [-0.1, -0.05) is 133 Å². The lowest BCUT2D eigenvalue weighted by molar-refractivity contribution is 0.669. The van der Waals surface area contributed by atoms with E-state index >= 15 is 0 Å². The van der Waals surface area contributed by atoms with Crippen LogP contribution in [0.1, 0.15) is 8.22 Å². The molecule has 5 nitrogen and oxygen atoms in total. The average Bonchev–Trinajstić information content (AvgIpc) is 4.00. The summed E-state index contributed by atoms with van der Waals surface area (Å²) in [6.07, 6.45) is 0. The van der Waals surface area contributed by atoms with Crippen LogP contribution in [0.5, 0.6) is 0 Å². The molecular formula is C51H30N4OS. The topological polar surface area (TPSA) is 56.7 Å². The van der Waals surface area contributed by atoms with Gasteiger partial charge in [-0.25, -0.2) is 15.0 Å². The normalized spacial score (nSPS) is 13.3. The number of furan rings is 1. The molecule has 0 atom stereocenters. The van der Waals surface area contributed by atoms with E-state index < -0.39 is 0 Å². The highest BCUT2D eigenvalue weighted by molar-refractivity contribution is 7.26. The molecule has 0 unspecified atom stereocenters. The molecule has 12 aromatic rings. The van der Waals surface area contributed by atoms with Gasteiger partial charge < -0.3 is 8.98 Å². The first-order valence-electron chi connectivity index (χ1n) is 21.5. The first kappa shape index (κ1) is 26.4. The molecule has 0 radical (unpaired) electrons. The molecule has 6 heteroatoms. The van der Waals surface area contributed by atoms with Crippen LogP contribution in [-0.2, 0) is 0 Å². The Balaban J connectivity index is 1.24. The minimum atomic E-state index is -0.190. The van der Waals surface area contributed by atoms with Gasteiger partial charge in [0, 0.05) is 69.5 Å². The number of rotatable bonds is 5. The smallest absolute Gasteiger partial charge is 0.166 e. The van der Waals surface area contributed by atoms with E-state index in [1.54, 1.807) is 15.9 Å². The Labute approximate surface area is 339 Å². The summed E-state index contributed by atoms with van der Waals surface area (Å²) in [5, 5.41) is 4.41. The van der Waals surface area contributed by atoms with Crippen LogP contribution in [0.3, 0.4) is 0 Å². The highest BCUT2D eigenvalue weighted by Crippen LogP contribution is 2.46. The number of hydrogen-bond donors (Lipinski definition) is 0. The van der Waals surface area contributed by atoms with E-state index in [1.807, 2.05) is 109 Å². The molecule has 0 saturated heterocycles. The second-order valence-corrected chi connectivity index (χ2v) is 14.9. The van der Waals surface area contributed by atoms with Gasteiger partial charge >= 0.3 is 0 Å². The van der Waals surface area contributed by atoms with Crippen LogP contribution >= 0.6 is 11.3 Å². The zero-order valence-electron chi connectivity index (χ0n) is 36.0. The highest BCUT2D eigenvalue weighted by Gasteiger charge is 2.24. The van der Waals surface area contributed by atoms with Gasteiger partial charge in [-0.3, -0.25) is 0 Å². The van der Waals surface area contributed by atoms with Crippen LogP contribution in [-0.4, -0.2) is 19.5 Å². The van der Waals surface area contributed by atoms with Crippen LogP contribution < -0.4 is 0 Å². The van der Waals surface area contributed by atoms with Crippen molar-refractivity contribution in [1.29, 1.82) is 0 Å². The molecule has 8 aromatic carbocycles. The minimum absolute atomic E-state index is 0.0599. The van der Waals surface area contributed by atoms with E-state index in [0.29, 0.717) is 28.7 Å². The lowest BCUT2D eigenvalue weighted by Gasteiger charge is -2.19. The fourth-order valence-electron chi connectivity index (χ4n) is 8.09. The standard InChI is InChI=1S/C51H30N4OS/c1-2-14-31(15-3-1)49-52-50(32-28-29-45-41(30-32)35-18-6-10-26-44(35)56-45)54-51(53-49)40-23-12-20-37(39-22-13-21-38-36-19-7-11-27-46(36)57-48(38)39)47(40)55-42-24-8-4-16-33(42)34-17-5-9-25-43(34)55/h1-30H/i4D,5D,16D,17D,24D,25D. The molecule has 12 rings (SSSR count). The lowest BCUT2D eigenvalue weighted by Crippen LogP contribution is -2.05. The molecule has 0 aliphatic heterocycles. The van der Waals surface area contributed by atoms with Crippen molar-refractivity contribution >= 4 is 75.3 Å². The first-order chi connectivity index (χ1) is 30.7. The minimum Gasteiger partial charge on any atom is -0.456 e. The van der Waals surface area contributed by atoms with Gasteiger partial charge in [-0.2, -0.15) is 0 Å². The summed E-state index contributed by atoms with van der Waals surface area (Å²) in [7, 11) is 0. The third-order valence-corrected chi connectivity index (χ3v) is 11.8. The summed E-state index contributed by atoms with van der Waals surface area (Å²) in [5.41, 5.74) is 6.19. The van der Waals surface area contributed by atoms with Crippen molar-refractivity contribution in [3.63, 3.8) is 0 Å². The van der Waals surface area contributed by atoms with Crippen molar-refractivity contribution in [3.05, 3.63) is 182 Å². The maximum atomic E-state index is 9.44. The van der Waals surface area contributed by atoms with Gasteiger partial charge in [0.2, 0.25) is 0 Å². The van der Waals surface area contributed by atoms with Crippen molar-refractivity contribution in [3.8, 4) is 51.0 Å². The maximum Gasteiger partial charge on any atom is 0.166 e. The number of thiophene rings is 1. The van der Waals surface area contributed by atoms with Crippen molar-refractivity contribution < 1.29 is 12.6 Å². The highest BCUT2D eigenvalue weighted by atomic mass is 32.1. The van der Waals surface area contributed by atoms with Crippen molar-refractivity contribution in [2.75, 3.05) is 0 Å². The van der Waals surface area contributed by atoms with Gasteiger partial charge in [0.1, 0.15) is 11.2 Å². The van der Waals surface area contributed by atoms with Gasteiger partial charge in [-0.15, -0.1) is 11.3 Å². The van der Waals surface area contributed by atoms with Gasteiger partial charge in [0.15, 0.2) is 17.5 Å². The second-order valence-electron chi connectivity index (χ2n) is 13.9. The predicted octanol–water partition coefficient (Wildman–Crippen LogP) is 13.9. The average molecular weight is 753 g/mol. The van der Waals surface area contributed by atoms with E-state index in [9.17, 15) is 5.48 Å². The largest absolute Gasteiger partial charge is 0.456 e. The molecule has 57 heavy (non-hydrogen) atoms. The van der Waals surface area contributed by atoms with Gasteiger partial charge in [0.25, 0.3) is 0 Å². The molecule has 4 heterocycles. The number of benzene rings is 8. The summed E-state index contributed by atoms with van der Waals surface area (Å²) in [5.74, 6) is 1.16. The van der Waals surface area contributed by atoms with Crippen LogP contribution in [0, 0.1) is 0 Å². The molecule has 0 aliphatic rings. The molecule has 0 aliphatic carbocycles. The molecule has 0 N–H and O–H groups in total. The molecule has 0 amide bonds. The second kappa shape index (κ2) is 12.6. The van der Waals surface area contributed by atoms with Gasteiger partial charge in [-0.05, 0) is 48.5 Å². The quantitative estimate of drug-likeness (QED) is 0.176. The fourth-order valence-corrected chi connectivity index (χ4v) is 9.32. The molecule has 0 saturated carbocycles. The van der Waals surface area contributed by atoms with Crippen LogP contribution in [0.4, 0.5) is 0 Å². The van der Waals surface area contributed by atoms with Crippen molar-refractivity contribution in [1.82, 2.24) is 19.5 Å². The molecule has 4 aromatic heterocycles. The molecule has 0 bridgehead atoms. The predicted molar refractivity (Wildman–Crippen MR) is 236 cm³/mol. The number of para-hydroxylation sites is 4. The zero-order valence-corrected chi connectivity index (χ0v) is 30.8. The SMILES string of the molecule is [2H]c1cc([2H])c2c(c1[2H])c1c([2H])c([2H])cc([2H])c1n2-c1c(-c2nc(-c3ccccc3)nc(-c3ccc4oc5ccccc5c4c3)n2)cccc1-c1cccc2c1sc1ccccc12. The lowest BCUT2D eigenvalue weighted by atomic mass is 9.97. The van der Waals surface area contributed by atoms with Crippen molar-refractivity contribution in [2.24, 2.45) is 0 Å².